The number of hydrogen-bond acceptors (Lipinski definition) is 7. The molecule has 0 aliphatic rings. The summed E-state index contributed by atoms with van der Waals surface area (Å²) in [5, 5.41) is 3.06. The fourth-order valence-corrected chi connectivity index (χ4v) is 5.84. The highest BCUT2D eigenvalue weighted by atomic mass is 35.5. The predicted molar refractivity (Wildman–Crippen MR) is 162 cm³/mol. The first kappa shape index (κ1) is 32.6. The highest BCUT2D eigenvalue weighted by molar-refractivity contribution is 7.92. The highest BCUT2D eigenvalue weighted by Crippen LogP contribution is 2.37. The molecule has 10 nitrogen and oxygen atoms in total. The number of hydrogen-bond donors (Lipinski definition) is 1. The Morgan fingerprint density at radius 1 is 0.857 bits per heavy atom. The third kappa shape index (κ3) is 7.65. The molecule has 226 valence electrons. The predicted octanol–water partition coefficient (Wildman–Crippen LogP) is 4.50. The van der Waals surface area contributed by atoms with Crippen LogP contribution in [0.5, 0.6) is 17.2 Å². The Labute approximate surface area is 252 Å². The zero-order chi connectivity index (χ0) is 31.0. The van der Waals surface area contributed by atoms with E-state index in [4.69, 9.17) is 25.8 Å². The van der Waals surface area contributed by atoms with Crippen molar-refractivity contribution in [3.8, 4) is 17.2 Å². The standard InChI is InChI=1S/C30H36ClN3O7S/c1-20(2)32-30(36)21(3)33(18-22-10-8-7-9-11-22)29(35)19-34(25-16-23(31)12-14-26(25)39-4)42(37,38)24-13-15-27(40-5)28(17-24)41-6/h7-17,20-21H,18-19H2,1-6H3,(H,32,36)/t21-/m1/s1. The molecule has 1 N–H and O–H groups in total. The van der Waals surface area contributed by atoms with Gasteiger partial charge >= 0.3 is 0 Å². The quantitative estimate of drug-likeness (QED) is 0.300. The molecule has 12 heteroatoms. The van der Waals surface area contributed by atoms with Crippen molar-refractivity contribution >= 4 is 39.1 Å². The van der Waals surface area contributed by atoms with Crippen molar-refractivity contribution in [2.45, 2.75) is 44.3 Å². The van der Waals surface area contributed by atoms with Crippen molar-refractivity contribution in [2.24, 2.45) is 0 Å². The van der Waals surface area contributed by atoms with E-state index in [1.54, 1.807) is 13.0 Å². The molecule has 0 aliphatic heterocycles. The van der Waals surface area contributed by atoms with Gasteiger partial charge in [0, 0.05) is 23.7 Å². The summed E-state index contributed by atoms with van der Waals surface area (Å²) in [5.74, 6) is -0.289. The molecule has 0 heterocycles. The van der Waals surface area contributed by atoms with E-state index in [1.807, 2.05) is 44.2 Å². The smallest absolute Gasteiger partial charge is 0.265 e. The Morgan fingerprint density at radius 3 is 2.07 bits per heavy atom. The van der Waals surface area contributed by atoms with Crippen LogP contribution in [0.15, 0.2) is 71.6 Å². The molecule has 0 saturated heterocycles. The Balaban J connectivity index is 2.14. The van der Waals surface area contributed by atoms with Gasteiger partial charge in [-0.15, -0.1) is 0 Å². The molecule has 2 amide bonds. The molecule has 0 aromatic heterocycles. The molecule has 1 atom stereocenters. The van der Waals surface area contributed by atoms with Crippen LogP contribution >= 0.6 is 11.6 Å². The Hall–Kier alpha value is -3.96. The number of nitrogens with one attached hydrogen (secondary N) is 1. The lowest BCUT2D eigenvalue weighted by atomic mass is 10.1. The van der Waals surface area contributed by atoms with Gasteiger partial charge in [0.25, 0.3) is 10.0 Å². The number of methoxy groups -OCH3 is 3. The molecule has 42 heavy (non-hydrogen) atoms. The van der Waals surface area contributed by atoms with E-state index < -0.39 is 28.5 Å². The van der Waals surface area contributed by atoms with Gasteiger partial charge in [-0.05, 0) is 56.7 Å². The maximum Gasteiger partial charge on any atom is 0.265 e. The first-order chi connectivity index (χ1) is 19.9. The first-order valence-electron chi connectivity index (χ1n) is 13.1. The van der Waals surface area contributed by atoms with Gasteiger partial charge in [-0.25, -0.2) is 8.42 Å². The molecule has 0 unspecified atom stereocenters. The molecular weight excluding hydrogens is 582 g/mol. The van der Waals surface area contributed by atoms with Crippen molar-refractivity contribution in [3.63, 3.8) is 0 Å². The van der Waals surface area contributed by atoms with Crippen LogP contribution in [0.1, 0.15) is 26.3 Å². The second-order valence-electron chi connectivity index (χ2n) is 9.69. The number of rotatable bonds is 13. The molecule has 0 fully saturated rings. The SMILES string of the molecule is COc1ccc(S(=O)(=O)N(CC(=O)N(Cc2ccccc2)[C@H](C)C(=O)NC(C)C)c2cc(Cl)ccc2OC)cc1OC. The molecule has 3 aromatic carbocycles. The maximum atomic E-state index is 14.2. The van der Waals surface area contributed by atoms with E-state index in [1.165, 1.54) is 56.6 Å². The maximum absolute atomic E-state index is 14.2. The number of ether oxygens (including phenoxy) is 3. The summed E-state index contributed by atoms with van der Waals surface area (Å²) >= 11 is 6.29. The number of anilines is 1. The number of carbonyl (C=O) groups excluding carboxylic acids is 2. The molecular formula is C30H36ClN3O7S. The van der Waals surface area contributed by atoms with E-state index in [0.717, 1.165) is 9.87 Å². The molecule has 0 spiro atoms. The van der Waals surface area contributed by atoms with Crippen molar-refractivity contribution in [2.75, 3.05) is 32.2 Å². The van der Waals surface area contributed by atoms with Crippen LogP contribution in [0.3, 0.4) is 0 Å². The average Bonchev–Trinajstić information content (AvgIpc) is 2.97. The molecule has 0 saturated carbocycles. The summed E-state index contributed by atoms with van der Waals surface area (Å²) in [4.78, 5) is 28.3. The highest BCUT2D eigenvalue weighted by Gasteiger charge is 2.34. The number of halogens is 1. The second kappa shape index (κ2) is 14.3. The van der Waals surface area contributed by atoms with Gasteiger partial charge in [0.15, 0.2) is 11.5 Å². The van der Waals surface area contributed by atoms with Crippen molar-refractivity contribution in [1.29, 1.82) is 0 Å². The fraction of sp³-hybridized carbons (Fsp3) is 0.333. The Morgan fingerprint density at radius 2 is 1.48 bits per heavy atom. The molecule has 3 rings (SSSR count). The first-order valence-corrected chi connectivity index (χ1v) is 15.0. The van der Waals surface area contributed by atoms with E-state index in [2.05, 4.69) is 5.32 Å². The Kier molecular flexibility index (Phi) is 11.1. The van der Waals surface area contributed by atoms with Gasteiger partial charge in [0.2, 0.25) is 11.8 Å². The fourth-order valence-electron chi connectivity index (χ4n) is 4.24. The number of nitrogens with zero attached hydrogens (tertiary/aromatic N) is 2. The van der Waals surface area contributed by atoms with Gasteiger partial charge in [0.05, 0.1) is 31.9 Å². The van der Waals surface area contributed by atoms with Gasteiger partial charge < -0.3 is 24.4 Å². The number of amides is 2. The van der Waals surface area contributed by atoms with Gasteiger partial charge in [-0.3, -0.25) is 13.9 Å². The minimum absolute atomic E-state index is 0.0482. The van der Waals surface area contributed by atoms with Crippen molar-refractivity contribution in [1.82, 2.24) is 10.2 Å². The van der Waals surface area contributed by atoms with Crippen LogP contribution in [-0.2, 0) is 26.2 Å². The molecule has 0 radical (unpaired) electrons. The van der Waals surface area contributed by atoms with Crippen LogP contribution in [0, 0.1) is 0 Å². The largest absolute Gasteiger partial charge is 0.495 e. The van der Waals surface area contributed by atoms with Gasteiger partial charge in [-0.1, -0.05) is 41.9 Å². The zero-order valence-electron chi connectivity index (χ0n) is 24.5. The summed E-state index contributed by atoms with van der Waals surface area (Å²) in [5.41, 5.74) is 0.816. The molecule has 3 aromatic rings. The Bertz CT molecular complexity index is 1500. The second-order valence-corrected chi connectivity index (χ2v) is 12.0. The van der Waals surface area contributed by atoms with Crippen LogP contribution in [-0.4, -0.2) is 65.1 Å². The average molecular weight is 618 g/mol. The number of benzene rings is 3. The molecule has 0 bridgehead atoms. The van der Waals surface area contributed by atoms with Crippen LogP contribution in [0.4, 0.5) is 5.69 Å². The lowest BCUT2D eigenvalue weighted by molar-refractivity contribution is -0.139. The van der Waals surface area contributed by atoms with Gasteiger partial charge in [-0.2, -0.15) is 0 Å². The zero-order valence-corrected chi connectivity index (χ0v) is 26.0. The minimum Gasteiger partial charge on any atom is -0.495 e. The van der Waals surface area contributed by atoms with Crippen LogP contribution < -0.4 is 23.8 Å². The summed E-state index contributed by atoms with van der Waals surface area (Å²) < 4.78 is 45.4. The van der Waals surface area contributed by atoms with E-state index in [-0.39, 0.29) is 45.6 Å². The van der Waals surface area contributed by atoms with E-state index in [9.17, 15) is 18.0 Å². The number of sulfonamides is 1. The topological polar surface area (TPSA) is 114 Å². The van der Waals surface area contributed by atoms with Gasteiger partial charge in [0.1, 0.15) is 18.3 Å². The summed E-state index contributed by atoms with van der Waals surface area (Å²) in [6.45, 7) is 4.65. The third-order valence-electron chi connectivity index (χ3n) is 6.43. The monoisotopic (exact) mass is 617 g/mol. The summed E-state index contributed by atoms with van der Waals surface area (Å²) in [6, 6.07) is 16.6. The lowest BCUT2D eigenvalue weighted by Crippen LogP contribution is -2.52. The third-order valence-corrected chi connectivity index (χ3v) is 8.42. The normalized spacial score (nSPS) is 11.9. The summed E-state index contributed by atoms with van der Waals surface area (Å²) in [7, 11) is -0.206. The van der Waals surface area contributed by atoms with E-state index in [0.29, 0.717) is 5.75 Å². The van der Waals surface area contributed by atoms with E-state index >= 15 is 0 Å². The minimum atomic E-state index is -4.42. The van der Waals surface area contributed by atoms with Crippen LogP contribution in [0.2, 0.25) is 5.02 Å². The lowest BCUT2D eigenvalue weighted by Gasteiger charge is -2.32. The van der Waals surface area contributed by atoms with Crippen molar-refractivity contribution < 1.29 is 32.2 Å². The van der Waals surface area contributed by atoms with Crippen LogP contribution in [0.25, 0.3) is 0 Å². The molecule has 0 aliphatic carbocycles. The summed E-state index contributed by atoms with van der Waals surface area (Å²) in [6.07, 6.45) is 0. The van der Waals surface area contributed by atoms with Crippen molar-refractivity contribution in [3.05, 3.63) is 77.3 Å². The number of carbonyl (C=O) groups is 2.